The Balaban J connectivity index is 1.59. The van der Waals surface area contributed by atoms with E-state index in [4.69, 9.17) is 4.74 Å². The Morgan fingerprint density at radius 1 is 1.25 bits per heavy atom. The number of methoxy groups -OCH3 is 1. The van der Waals surface area contributed by atoms with Crippen molar-refractivity contribution in [3.05, 3.63) is 37.1 Å². The molecule has 1 fully saturated rings. The topological polar surface area (TPSA) is 52.0 Å². The molecule has 0 spiro atoms. The van der Waals surface area contributed by atoms with Crippen LogP contribution < -0.4 is 5.32 Å². The number of hydrogen-bond acceptors (Lipinski definition) is 4. The van der Waals surface area contributed by atoms with Crippen molar-refractivity contribution in [2.45, 2.75) is 37.8 Å². The molecule has 0 amide bonds. The van der Waals surface area contributed by atoms with Crippen molar-refractivity contribution in [2.24, 2.45) is 0 Å². The predicted octanol–water partition coefficient (Wildman–Crippen LogP) is 2.64. The van der Waals surface area contributed by atoms with Crippen molar-refractivity contribution in [3.8, 4) is 5.82 Å². The highest BCUT2D eigenvalue weighted by Gasteiger charge is 2.20. The van der Waals surface area contributed by atoms with Crippen molar-refractivity contribution in [3.63, 3.8) is 0 Å². The minimum Gasteiger partial charge on any atom is -0.381 e. The zero-order valence-electron chi connectivity index (χ0n) is 11.7. The average Bonchev–Trinajstić information content (AvgIpc) is 3.03. The Labute approximate surface area is 119 Å². The summed E-state index contributed by atoms with van der Waals surface area (Å²) in [6, 6.07) is 4.61. The second-order valence-electron chi connectivity index (χ2n) is 5.23. The molecule has 1 aliphatic rings. The summed E-state index contributed by atoms with van der Waals surface area (Å²) in [6.45, 7) is 0. The smallest absolute Gasteiger partial charge is 0.137 e. The van der Waals surface area contributed by atoms with E-state index in [0.29, 0.717) is 12.1 Å². The van der Waals surface area contributed by atoms with Crippen LogP contribution in [0.2, 0.25) is 0 Å². The summed E-state index contributed by atoms with van der Waals surface area (Å²) < 4.78 is 7.29. The lowest BCUT2D eigenvalue weighted by Crippen LogP contribution is -2.29. The fourth-order valence-electron chi connectivity index (χ4n) is 2.70. The van der Waals surface area contributed by atoms with Gasteiger partial charge in [-0.3, -0.25) is 4.57 Å². The predicted molar refractivity (Wildman–Crippen MR) is 78.0 cm³/mol. The first-order chi connectivity index (χ1) is 9.85. The first-order valence-corrected chi connectivity index (χ1v) is 7.09. The number of rotatable bonds is 4. The first-order valence-electron chi connectivity index (χ1n) is 7.09. The first kappa shape index (κ1) is 13.1. The molecule has 2 heterocycles. The van der Waals surface area contributed by atoms with E-state index < -0.39 is 0 Å². The number of hydrogen-bond donors (Lipinski definition) is 1. The van der Waals surface area contributed by atoms with Crippen LogP contribution in [0.1, 0.15) is 25.7 Å². The van der Waals surface area contributed by atoms with Crippen LogP contribution in [0.3, 0.4) is 0 Å². The van der Waals surface area contributed by atoms with Gasteiger partial charge in [0.25, 0.3) is 0 Å². The van der Waals surface area contributed by atoms with Gasteiger partial charge in [0.1, 0.15) is 12.1 Å². The molecular formula is C15H20N4O. The summed E-state index contributed by atoms with van der Waals surface area (Å²) in [5.74, 6) is 0.885. The van der Waals surface area contributed by atoms with E-state index in [1.54, 1.807) is 19.6 Å². The van der Waals surface area contributed by atoms with E-state index in [0.717, 1.165) is 37.2 Å². The number of imidazole rings is 1. The van der Waals surface area contributed by atoms with Gasteiger partial charge >= 0.3 is 0 Å². The third kappa shape index (κ3) is 2.99. The van der Waals surface area contributed by atoms with Gasteiger partial charge in [0.15, 0.2) is 0 Å². The van der Waals surface area contributed by atoms with Gasteiger partial charge in [0.2, 0.25) is 0 Å². The van der Waals surface area contributed by atoms with Crippen molar-refractivity contribution in [1.29, 1.82) is 0 Å². The standard InChI is InChI=1S/C15H20N4O/c1-20-14-5-2-12(3-6-14)18-13-4-7-15(17-10-13)19-9-8-16-11-19/h4,7-12,14,18H,2-3,5-6H2,1H3. The zero-order valence-corrected chi connectivity index (χ0v) is 11.7. The molecule has 0 saturated heterocycles. The molecule has 2 aromatic heterocycles. The third-order valence-electron chi connectivity index (χ3n) is 3.90. The highest BCUT2D eigenvalue weighted by Crippen LogP contribution is 2.23. The Bertz CT molecular complexity index is 515. The Kier molecular flexibility index (Phi) is 3.97. The van der Waals surface area contributed by atoms with E-state index in [2.05, 4.69) is 21.4 Å². The summed E-state index contributed by atoms with van der Waals surface area (Å²) >= 11 is 0. The van der Waals surface area contributed by atoms with Gasteiger partial charge in [-0.05, 0) is 37.8 Å². The second-order valence-corrected chi connectivity index (χ2v) is 5.23. The molecule has 20 heavy (non-hydrogen) atoms. The lowest BCUT2D eigenvalue weighted by molar-refractivity contribution is 0.0682. The van der Waals surface area contributed by atoms with E-state index in [1.807, 2.05) is 23.0 Å². The van der Waals surface area contributed by atoms with Crippen LogP contribution in [-0.4, -0.2) is 33.8 Å². The zero-order chi connectivity index (χ0) is 13.8. The van der Waals surface area contributed by atoms with Gasteiger partial charge in [-0.2, -0.15) is 0 Å². The molecule has 3 rings (SSSR count). The minimum atomic E-state index is 0.440. The van der Waals surface area contributed by atoms with Crippen LogP contribution in [0.15, 0.2) is 37.1 Å². The van der Waals surface area contributed by atoms with Crippen molar-refractivity contribution in [1.82, 2.24) is 14.5 Å². The van der Waals surface area contributed by atoms with Crippen molar-refractivity contribution >= 4 is 5.69 Å². The fraction of sp³-hybridized carbons (Fsp3) is 0.467. The molecule has 0 bridgehead atoms. The van der Waals surface area contributed by atoms with Gasteiger partial charge in [-0.15, -0.1) is 0 Å². The van der Waals surface area contributed by atoms with Crippen LogP contribution in [0.4, 0.5) is 5.69 Å². The number of nitrogens with zero attached hydrogens (tertiary/aromatic N) is 3. The van der Waals surface area contributed by atoms with Crippen LogP contribution in [0.25, 0.3) is 5.82 Å². The number of pyridine rings is 1. The molecule has 1 N–H and O–H groups in total. The van der Waals surface area contributed by atoms with Crippen LogP contribution in [-0.2, 0) is 4.74 Å². The van der Waals surface area contributed by atoms with Gasteiger partial charge in [0.05, 0.1) is 18.0 Å². The fourth-order valence-corrected chi connectivity index (χ4v) is 2.70. The summed E-state index contributed by atoms with van der Waals surface area (Å²) in [5.41, 5.74) is 1.08. The lowest BCUT2D eigenvalue weighted by atomic mass is 9.93. The molecule has 5 nitrogen and oxygen atoms in total. The van der Waals surface area contributed by atoms with E-state index in [-0.39, 0.29) is 0 Å². The Hall–Kier alpha value is -1.88. The Morgan fingerprint density at radius 2 is 2.10 bits per heavy atom. The van der Waals surface area contributed by atoms with E-state index in [1.165, 1.54) is 0 Å². The van der Waals surface area contributed by atoms with Crippen molar-refractivity contribution < 1.29 is 4.74 Å². The maximum Gasteiger partial charge on any atom is 0.137 e. The number of aromatic nitrogens is 3. The van der Waals surface area contributed by atoms with Crippen LogP contribution >= 0.6 is 0 Å². The lowest BCUT2D eigenvalue weighted by Gasteiger charge is -2.28. The minimum absolute atomic E-state index is 0.440. The maximum atomic E-state index is 5.40. The number of ether oxygens (including phenoxy) is 1. The monoisotopic (exact) mass is 272 g/mol. The molecule has 1 aliphatic carbocycles. The molecule has 2 aromatic rings. The largest absolute Gasteiger partial charge is 0.381 e. The highest BCUT2D eigenvalue weighted by atomic mass is 16.5. The van der Waals surface area contributed by atoms with Crippen molar-refractivity contribution in [2.75, 3.05) is 12.4 Å². The van der Waals surface area contributed by atoms with E-state index >= 15 is 0 Å². The third-order valence-corrected chi connectivity index (χ3v) is 3.90. The normalized spacial score (nSPS) is 22.6. The Morgan fingerprint density at radius 3 is 2.70 bits per heavy atom. The number of nitrogens with one attached hydrogen (secondary N) is 1. The van der Waals surface area contributed by atoms with Crippen LogP contribution in [0.5, 0.6) is 0 Å². The molecule has 106 valence electrons. The number of anilines is 1. The van der Waals surface area contributed by atoms with Gasteiger partial charge < -0.3 is 10.1 Å². The van der Waals surface area contributed by atoms with Crippen LogP contribution in [0, 0.1) is 0 Å². The average molecular weight is 272 g/mol. The van der Waals surface area contributed by atoms with Gasteiger partial charge in [0, 0.05) is 25.5 Å². The quantitative estimate of drug-likeness (QED) is 0.929. The molecule has 5 heteroatoms. The molecule has 0 aromatic carbocycles. The molecule has 0 radical (unpaired) electrons. The summed E-state index contributed by atoms with van der Waals surface area (Å²) in [4.78, 5) is 8.48. The highest BCUT2D eigenvalue weighted by molar-refractivity contribution is 5.44. The molecule has 0 aliphatic heterocycles. The molecule has 0 atom stereocenters. The molecule has 0 unspecified atom stereocenters. The SMILES string of the molecule is COC1CCC(Nc2ccc(-n3ccnc3)nc2)CC1. The second kappa shape index (κ2) is 6.05. The van der Waals surface area contributed by atoms with Gasteiger partial charge in [-0.25, -0.2) is 9.97 Å². The van der Waals surface area contributed by atoms with E-state index in [9.17, 15) is 0 Å². The molecular weight excluding hydrogens is 252 g/mol. The maximum absolute atomic E-state index is 5.40. The molecule has 1 saturated carbocycles. The summed E-state index contributed by atoms with van der Waals surface area (Å²) in [7, 11) is 1.80. The summed E-state index contributed by atoms with van der Waals surface area (Å²) in [6.07, 6.45) is 12.3. The van der Waals surface area contributed by atoms with Gasteiger partial charge in [-0.1, -0.05) is 0 Å². The summed E-state index contributed by atoms with van der Waals surface area (Å²) in [5, 5.41) is 3.56.